The third kappa shape index (κ3) is 6.28. The summed E-state index contributed by atoms with van der Waals surface area (Å²) in [7, 11) is 0. The highest BCUT2D eigenvalue weighted by molar-refractivity contribution is 8.16. The Morgan fingerprint density at radius 2 is 1.87 bits per heavy atom. The molecule has 2 aromatic heterocycles. The van der Waals surface area contributed by atoms with Crippen molar-refractivity contribution in [3.63, 3.8) is 0 Å². The maximum atomic E-state index is 15.0. The molecule has 1 aromatic carbocycles. The number of benzene rings is 1. The van der Waals surface area contributed by atoms with Gasteiger partial charge in [-0.05, 0) is 61.3 Å². The molecule has 12 heteroatoms. The van der Waals surface area contributed by atoms with Crippen LogP contribution in [-0.2, 0) is 0 Å². The summed E-state index contributed by atoms with van der Waals surface area (Å²) in [5.41, 5.74) is 1.30. The van der Waals surface area contributed by atoms with Crippen LogP contribution in [0.2, 0.25) is 0 Å². The quantitative estimate of drug-likeness (QED) is 0.146. The highest BCUT2D eigenvalue weighted by Gasteiger charge is 2.41. The summed E-state index contributed by atoms with van der Waals surface area (Å²) in [5, 5.41) is 19.4. The van der Waals surface area contributed by atoms with Gasteiger partial charge in [0, 0.05) is 18.2 Å². The van der Waals surface area contributed by atoms with Crippen molar-refractivity contribution in [2.45, 2.75) is 67.3 Å². The van der Waals surface area contributed by atoms with Gasteiger partial charge in [-0.2, -0.15) is 9.37 Å². The lowest BCUT2D eigenvalue weighted by atomic mass is 9.82. The summed E-state index contributed by atoms with van der Waals surface area (Å²) >= 11 is 12.1. The molecule has 2 aliphatic carbocycles. The number of aromatic hydroxyl groups is 1. The second-order valence-corrected chi connectivity index (χ2v) is 12.8. The van der Waals surface area contributed by atoms with Gasteiger partial charge in [0.25, 0.3) is 0 Å². The second-order valence-electron chi connectivity index (χ2n) is 9.87. The number of rotatable bonds is 8. The molecule has 0 spiro atoms. The second kappa shape index (κ2) is 11.1. The number of thiol groups is 3. The summed E-state index contributed by atoms with van der Waals surface area (Å²) in [6.07, 6.45) is 6.06. The van der Waals surface area contributed by atoms with Gasteiger partial charge in [-0.3, -0.25) is 0 Å². The van der Waals surface area contributed by atoms with Gasteiger partial charge < -0.3 is 14.7 Å². The first-order chi connectivity index (χ1) is 18.1. The molecule has 2 aliphatic rings. The van der Waals surface area contributed by atoms with Crippen LogP contribution in [0.15, 0.2) is 36.5 Å². The lowest BCUT2D eigenvalue weighted by Gasteiger charge is -2.40. The zero-order valence-corrected chi connectivity index (χ0v) is 23.4. The van der Waals surface area contributed by atoms with Crippen LogP contribution in [0.3, 0.4) is 0 Å². The predicted molar refractivity (Wildman–Crippen MR) is 152 cm³/mol. The molecule has 3 atom stereocenters. The minimum absolute atomic E-state index is 0.0642. The minimum atomic E-state index is -1.45. The van der Waals surface area contributed by atoms with E-state index in [2.05, 4.69) is 69.9 Å². The minimum Gasteiger partial charge on any atom is -0.507 e. The van der Waals surface area contributed by atoms with Crippen molar-refractivity contribution in [2.24, 2.45) is 5.92 Å². The Hall–Kier alpha value is -2.31. The highest BCUT2D eigenvalue weighted by Crippen LogP contribution is 2.40. The number of ether oxygens (including phenoxy) is 1. The van der Waals surface area contributed by atoms with E-state index in [4.69, 9.17) is 4.74 Å². The lowest BCUT2D eigenvalue weighted by Crippen LogP contribution is -2.47. The van der Waals surface area contributed by atoms with Crippen molar-refractivity contribution in [3.8, 4) is 34.1 Å². The van der Waals surface area contributed by atoms with Crippen LogP contribution in [0.25, 0.3) is 22.5 Å². The molecule has 7 nitrogen and oxygen atoms in total. The molecule has 0 unspecified atom stereocenters. The van der Waals surface area contributed by atoms with E-state index in [0.717, 1.165) is 32.1 Å². The fourth-order valence-electron chi connectivity index (χ4n) is 5.08. The van der Waals surface area contributed by atoms with Crippen molar-refractivity contribution >= 4 is 43.7 Å². The van der Waals surface area contributed by atoms with Crippen molar-refractivity contribution in [1.82, 2.24) is 20.2 Å². The monoisotopic (exact) mass is 577 g/mol. The number of hydrogen-bond donors (Lipinski definition) is 4. The Kier molecular flexibility index (Phi) is 7.93. The van der Waals surface area contributed by atoms with E-state index in [-0.39, 0.29) is 29.5 Å². The van der Waals surface area contributed by atoms with Gasteiger partial charge >= 0.3 is 0 Å². The van der Waals surface area contributed by atoms with Crippen molar-refractivity contribution < 1.29 is 18.6 Å². The molecular weight excluding hydrogens is 549 g/mol. The Morgan fingerprint density at radius 3 is 2.50 bits per heavy atom. The molecule has 3 aromatic rings. The molecule has 202 valence electrons. The van der Waals surface area contributed by atoms with E-state index in [0.29, 0.717) is 34.8 Å². The topological polar surface area (TPSA) is 84.3 Å². The highest BCUT2D eigenvalue weighted by atomic mass is 32.2. The first-order valence-corrected chi connectivity index (χ1v) is 13.9. The summed E-state index contributed by atoms with van der Waals surface area (Å²) < 4.78 is 33.0. The molecule has 1 N–H and O–H groups in total. The van der Waals surface area contributed by atoms with E-state index in [9.17, 15) is 13.9 Å². The molecule has 2 heterocycles. The van der Waals surface area contributed by atoms with Crippen LogP contribution in [0.1, 0.15) is 45.4 Å². The van der Waals surface area contributed by atoms with Crippen molar-refractivity contribution in [2.75, 3.05) is 4.90 Å². The van der Waals surface area contributed by atoms with Crippen LogP contribution in [0.5, 0.6) is 11.6 Å². The third-order valence-electron chi connectivity index (χ3n) is 7.12. The standard InChI is InChI=1S/C26H29F2N5O2S3/c1-2-14-3-8-19(27)20(9-14)33(17-5-6-17)23-13-29-25(32-31-23)18-7-4-15(10-21(18)34)16-11-22(28)30-24(12-16)35-26(36,37)38/h4,7,10-14,17,19-20,34,36-38H,2-3,5-6,8-9H2,1H3/t14-,19+,20-/m1/s1. The smallest absolute Gasteiger partial charge is 0.242 e. The number of phenols is 1. The molecule has 0 aliphatic heterocycles. The molecule has 38 heavy (non-hydrogen) atoms. The fourth-order valence-corrected chi connectivity index (χ4v) is 5.36. The molecule has 2 fully saturated rings. The van der Waals surface area contributed by atoms with E-state index in [1.54, 1.807) is 18.3 Å². The molecule has 0 bridgehead atoms. The maximum Gasteiger partial charge on any atom is 0.242 e. The number of nitrogens with zero attached hydrogens (tertiary/aromatic N) is 5. The number of aromatic nitrogens is 4. The SMILES string of the molecule is CC[C@@H]1CC[C@H](F)[C@H](N(c2cnc(-c3ccc(-c4cc(F)nc(OC(S)(S)S)c4)cc3O)nn2)C2CC2)C1. The van der Waals surface area contributed by atoms with Gasteiger partial charge in [0.2, 0.25) is 15.4 Å². The molecule has 0 saturated heterocycles. The van der Waals surface area contributed by atoms with E-state index in [1.807, 2.05) is 0 Å². The average Bonchev–Trinajstić information content (AvgIpc) is 3.70. The van der Waals surface area contributed by atoms with E-state index in [1.165, 1.54) is 18.2 Å². The Balaban J connectivity index is 1.38. The van der Waals surface area contributed by atoms with E-state index >= 15 is 0 Å². The molecular formula is C26H29F2N5O2S3. The van der Waals surface area contributed by atoms with Crippen LogP contribution in [0, 0.1) is 11.9 Å². The number of pyridine rings is 1. The maximum absolute atomic E-state index is 15.0. The summed E-state index contributed by atoms with van der Waals surface area (Å²) in [6, 6.07) is 7.53. The average molecular weight is 578 g/mol. The normalized spacial score (nSPS) is 21.8. The number of phenolic OH excluding ortho intramolecular Hbond substituents is 1. The number of alkyl halides is 1. The lowest BCUT2D eigenvalue weighted by molar-refractivity contribution is 0.166. The Morgan fingerprint density at radius 1 is 1.08 bits per heavy atom. The van der Waals surface area contributed by atoms with Crippen molar-refractivity contribution in [3.05, 3.63) is 42.5 Å². The van der Waals surface area contributed by atoms with Crippen LogP contribution < -0.4 is 9.64 Å². The zero-order valence-electron chi connectivity index (χ0n) is 20.7. The number of anilines is 1. The van der Waals surface area contributed by atoms with Crippen molar-refractivity contribution in [1.29, 1.82) is 0 Å². The number of hydrogen-bond acceptors (Lipinski definition) is 10. The van der Waals surface area contributed by atoms with E-state index < -0.39 is 15.7 Å². The van der Waals surface area contributed by atoms with Crippen LogP contribution >= 0.6 is 37.9 Å². The van der Waals surface area contributed by atoms with Gasteiger partial charge in [-0.1, -0.05) is 19.4 Å². The van der Waals surface area contributed by atoms with Crippen LogP contribution in [-0.4, -0.2) is 47.1 Å². The number of halogens is 2. The summed E-state index contributed by atoms with van der Waals surface area (Å²) in [6.45, 7) is 2.16. The van der Waals surface area contributed by atoms with Gasteiger partial charge in [-0.15, -0.1) is 48.1 Å². The summed E-state index contributed by atoms with van der Waals surface area (Å²) in [4.78, 5) is 10.2. The Bertz CT molecular complexity index is 1290. The van der Waals surface area contributed by atoms with Gasteiger partial charge in [0.05, 0.1) is 17.8 Å². The predicted octanol–water partition coefficient (Wildman–Crippen LogP) is 6.11. The van der Waals surface area contributed by atoms with Crippen LogP contribution in [0.4, 0.5) is 14.6 Å². The largest absolute Gasteiger partial charge is 0.507 e. The molecule has 2 saturated carbocycles. The molecule has 0 radical (unpaired) electrons. The van der Waals surface area contributed by atoms with Gasteiger partial charge in [-0.25, -0.2) is 9.37 Å². The Labute approximate surface area is 236 Å². The summed E-state index contributed by atoms with van der Waals surface area (Å²) in [5.74, 6) is 0.356. The fraction of sp³-hybridized carbons (Fsp3) is 0.462. The molecule has 5 rings (SSSR count). The molecule has 0 amide bonds. The zero-order chi connectivity index (χ0) is 27.0. The third-order valence-corrected chi connectivity index (χ3v) is 7.39. The first kappa shape index (κ1) is 27.3. The van der Waals surface area contributed by atoms with Gasteiger partial charge in [0.1, 0.15) is 11.9 Å². The first-order valence-electron chi connectivity index (χ1n) is 12.6. The van der Waals surface area contributed by atoms with Gasteiger partial charge in [0.15, 0.2) is 11.6 Å².